The summed E-state index contributed by atoms with van der Waals surface area (Å²) in [5.74, 6) is -0.439. The Morgan fingerprint density at radius 2 is 2.24 bits per heavy atom. The molecule has 1 N–H and O–H groups in total. The zero-order chi connectivity index (χ0) is 15.4. The molecular weight excluding hydrogens is 272 g/mol. The van der Waals surface area contributed by atoms with E-state index >= 15 is 0 Å². The van der Waals surface area contributed by atoms with Crippen molar-refractivity contribution in [2.45, 2.75) is 25.3 Å². The third-order valence-electron chi connectivity index (χ3n) is 4.57. The number of carboxylic acids is 1. The van der Waals surface area contributed by atoms with Crippen molar-refractivity contribution in [2.75, 3.05) is 33.4 Å². The van der Waals surface area contributed by atoms with E-state index < -0.39 is 12.0 Å². The van der Waals surface area contributed by atoms with Gasteiger partial charge >= 0.3 is 12.0 Å². The Labute approximate surface area is 125 Å². The average molecular weight is 296 g/mol. The van der Waals surface area contributed by atoms with Crippen LogP contribution in [0.15, 0.2) is 12.7 Å². The lowest BCUT2D eigenvalue weighted by Gasteiger charge is -2.30. The van der Waals surface area contributed by atoms with Crippen LogP contribution in [0.5, 0.6) is 0 Å². The second kappa shape index (κ2) is 6.93. The van der Waals surface area contributed by atoms with Gasteiger partial charge in [0.25, 0.3) is 0 Å². The van der Waals surface area contributed by atoms with E-state index in [2.05, 4.69) is 6.58 Å². The number of fused-ring (bicyclic) bond motifs is 1. The van der Waals surface area contributed by atoms with Crippen molar-refractivity contribution in [3.8, 4) is 0 Å². The van der Waals surface area contributed by atoms with E-state index in [4.69, 9.17) is 4.74 Å². The number of aliphatic carboxylic acids is 1. The van der Waals surface area contributed by atoms with Gasteiger partial charge in [-0.2, -0.15) is 0 Å². The molecular formula is C15H24N2O4. The number of ether oxygens (including phenoxy) is 1. The maximum Gasteiger partial charge on any atom is 0.326 e. The third-order valence-corrected chi connectivity index (χ3v) is 4.57. The lowest BCUT2D eigenvalue weighted by atomic mass is 9.94. The van der Waals surface area contributed by atoms with Crippen LogP contribution in [-0.4, -0.2) is 66.3 Å². The molecule has 2 amide bonds. The zero-order valence-electron chi connectivity index (χ0n) is 12.5. The molecule has 0 aromatic rings. The smallest absolute Gasteiger partial charge is 0.326 e. The van der Waals surface area contributed by atoms with Crippen LogP contribution in [0, 0.1) is 11.8 Å². The van der Waals surface area contributed by atoms with Gasteiger partial charge in [-0.15, -0.1) is 6.58 Å². The van der Waals surface area contributed by atoms with Crippen LogP contribution in [0.1, 0.15) is 19.3 Å². The Morgan fingerprint density at radius 3 is 2.86 bits per heavy atom. The summed E-state index contributed by atoms with van der Waals surface area (Å²) in [4.78, 5) is 27.4. The molecule has 1 aliphatic heterocycles. The molecule has 3 unspecified atom stereocenters. The molecule has 0 aromatic heterocycles. The fourth-order valence-corrected chi connectivity index (χ4v) is 3.62. The average Bonchev–Trinajstić information content (AvgIpc) is 3.02. The van der Waals surface area contributed by atoms with Crippen LogP contribution >= 0.6 is 0 Å². The number of amides is 2. The monoisotopic (exact) mass is 296 g/mol. The van der Waals surface area contributed by atoms with Crippen molar-refractivity contribution in [1.82, 2.24) is 9.80 Å². The van der Waals surface area contributed by atoms with Gasteiger partial charge in [0.1, 0.15) is 6.04 Å². The Kier molecular flexibility index (Phi) is 5.22. The Bertz CT molecular complexity index is 412. The number of likely N-dealkylation sites (tertiary alicyclic amines) is 1. The van der Waals surface area contributed by atoms with Crippen LogP contribution < -0.4 is 0 Å². The summed E-state index contributed by atoms with van der Waals surface area (Å²) < 4.78 is 5.02. The number of methoxy groups -OCH3 is 1. The predicted molar refractivity (Wildman–Crippen MR) is 78.0 cm³/mol. The molecule has 118 valence electrons. The van der Waals surface area contributed by atoms with Crippen molar-refractivity contribution in [3.63, 3.8) is 0 Å². The normalized spacial score (nSPS) is 27.5. The first-order chi connectivity index (χ1) is 10.1. The molecule has 0 aromatic carbocycles. The molecule has 6 heteroatoms. The van der Waals surface area contributed by atoms with Gasteiger partial charge in [-0.1, -0.05) is 12.5 Å². The van der Waals surface area contributed by atoms with Gasteiger partial charge in [0.15, 0.2) is 0 Å². The van der Waals surface area contributed by atoms with E-state index in [0.29, 0.717) is 32.2 Å². The fraction of sp³-hybridized carbons (Fsp3) is 0.733. The molecule has 1 aliphatic carbocycles. The van der Waals surface area contributed by atoms with Crippen molar-refractivity contribution in [2.24, 2.45) is 11.8 Å². The maximum atomic E-state index is 12.7. The van der Waals surface area contributed by atoms with Crippen LogP contribution in [0.3, 0.4) is 0 Å². The molecule has 3 atom stereocenters. The Morgan fingerprint density at radius 1 is 1.48 bits per heavy atom. The first-order valence-electron chi connectivity index (χ1n) is 7.48. The molecule has 1 saturated heterocycles. The highest BCUT2D eigenvalue weighted by Crippen LogP contribution is 2.42. The van der Waals surface area contributed by atoms with Crippen molar-refractivity contribution >= 4 is 12.0 Å². The number of hydrogen-bond acceptors (Lipinski definition) is 3. The summed E-state index contributed by atoms with van der Waals surface area (Å²) in [6, 6.07) is -0.895. The number of carbonyl (C=O) groups excluding carboxylic acids is 1. The molecule has 1 saturated carbocycles. The zero-order valence-corrected chi connectivity index (χ0v) is 12.5. The molecule has 21 heavy (non-hydrogen) atoms. The Hall–Kier alpha value is -1.56. The van der Waals surface area contributed by atoms with Gasteiger partial charge in [0.05, 0.1) is 6.61 Å². The van der Waals surface area contributed by atoms with Crippen molar-refractivity contribution in [3.05, 3.63) is 12.7 Å². The SMILES string of the molecule is C=CCN(CCOC)C(=O)N1CC2CCCC2C1C(=O)O. The van der Waals surface area contributed by atoms with E-state index in [-0.39, 0.29) is 11.9 Å². The molecule has 1 heterocycles. The van der Waals surface area contributed by atoms with Gasteiger partial charge in [-0.3, -0.25) is 0 Å². The lowest BCUT2D eigenvalue weighted by molar-refractivity contribution is -0.142. The minimum absolute atomic E-state index is 0.111. The summed E-state index contributed by atoms with van der Waals surface area (Å²) in [7, 11) is 1.58. The van der Waals surface area contributed by atoms with E-state index in [1.807, 2.05) is 0 Å². The largest absolute Gasteiger partial charge is 0.480 e. The first-order valence-corrected chi connectivity index (χ1v) is 7.48. The molecule has 0 radical (unpaired) electrons. The van der Waals surface area contributed by atoms with Crippen molar-refractivity contribution < 1.29 is 19.4 Å². The number of carboxylic acid groups (broad SMARTS) is 1. The van der Waals surface area contributed by atoms with E-state index in [1.54, 1.807) is 18.1 Å². The van der Waals surface area contributed by atoms with E-state index in [1.165, 1.54) is 4.90 Å². The number of nitrogens with zero attached hydrogens (tertiary/aromatic N) is 2. The number of carbonyl (C=O) groups is 2. The molecule has 0 bridgehead atoms. The first kappa shape index (κ1) is 15.8. The van der Waals surface area contributed by atoms with E-state index in [0.717, 1.165) is 19.3 Å². The molecule has 2 fully saturated rings. The number of urea groups is 1. The quantitative estimate of drug-likeness (QED) is 0.753. The fourth-order valence-electron chi connectivity index (χ4n) is 3.62. The maximum absolute atomic E-state index is 12.7. The highest BCUT2D eigenvalue weighted by Gasteiger charge is 2.50. The highest BCUT2D eigenvalue weighted by molar-refractivity contribution is 5.84. The summed E-state index contributed by atoms with van der Waals surface area (Å²) in [5, 5.41) is 9.51. The van der Waals surface area contributed by atoms with Crippen LogP contribution in [0.2, 0.25) is 0 Å². The topological polar surface area (TPSA) is 70.1 Å². The Balaban J connectivity index is 2.11. The van der Waals surface area contributed by atoms with Gasteiger partial charge in [0, 0.05) is 26.7 Å². The minimum atomic E-state index is -0.886. The third kappa shape index (κ3) is 3.20. The minimum Gasteiger partial charge on any atom is -0.480 e. The van der Waals surface area contributed by atoms with Gasteiger partial charge in [0.2, 0.25) is 0 Å². The van der Waals surface area contributed by atoms with Crippen LogP contribution in [0.4, 0.5) is 4.79 Å². The van der Waals surface area contributed by atoms with Crippen LogP contribution in [0.25, 0.3) is 0 Å². The second-order valence-electron chi connectivity index (χ2n) is 5.80. The van der Waals surface area contributed by atoms with Gasteiger partial charge in [-0.05, 0) is 24.7 Å². The number of hydrogen-bond donors (Lipinski definition) is 1. The molecule has 2 rings (SSSR count). The summed E-state index contributed by atoms with van der Waals surface area (Å²) in [6.07, 6.45) is 4.66. The standard InChI is InChI=1S/C15H24N2O4/c1-3-7-16(8-9-21-2)15(20)17-10-11-5-4-6-12(11)13(17)14(18)19/h3,11-13H,1,4-10H2,2H3,(H,18,19). The molecule has 0 spiro atoms. The van der Waals surface area contributed by atoms with Gasteiger partial charge < -0.3 is 19.6 Å². The summed E-state index contributed by atoms with van der Waals surface area (Å²) in [6.45, 7) is 5.49. The lowest BCUT2D eigenvalue weighted by Crippen LogP contribution is -2.50. The summed E-state index contributed by atoms with van der Waals surface area (Å²) in [5.41, 5.74) is 0. The molecule has 6 nitrogen and oxygen atoms in total. The number of rotatable bonds is 6. The highest BCUT2D eigenvalue weighted by atomic mass is 16.5. The summed E-state index contributed by atoms with van der Waals surface area (Å²) >= 11 is 0. The second-order valence-corrected chi connectivity index (χ2v) is 5.80. The van der Waals surface area contributed by atoms with E-state index in [9.17, 15) is 14.7 Å². The molecule has 2 aliphatic rings. The van der Waals surface area contributed by atoms with Gasteiger partial charge in [-0.25, -0.2) is 9.59 Å². The predicted octanol–water partition coefficient (Wildman–Crippen LogP) is 1.43. The van der Waals surface area contributed by atoms with Crippen molar-refractivity contribution in [1.29, 1.82) is 0 Å². The van der Waals surface area contributed by atoms with Crippen LogP contribution in [-0.2, 0) is 9.53 Å².